The zero-order chi connectivity index (χ0) is 9.80. The fourth-order valence-corrected chi connectivity index (χ4v) is 3.07. The van der Waals surface area contributed by atoms with Gasteiger partial charge in [-0.2, -0.15) is 0 Å². The Kier molecular flexibility index (Phi) is 3.73. The highest BCUT2D eigenvalue weighted by Gasteiger charge is 2.05. The fourth-order valence-electron chi connectivity index (χ4n) is 1.22. The monoisotopic (exact) mass is 246 g/mol. The Morgan fingerprint density at radius 1 is 1.50 bits per heavy atom. The predicted octanol–water partition coefficient (Wildman–Crippen LogP) is 2.64. The molecule has 76 valence electrons. The number of hydrogen-bond donors (Lipinski definition) is 1. The van der Waals surface area contributed by atoms with Gasteiger partial charge in [0.15, 0.2) is 5.17 Å². The highest BCUT2D eigenvalue weighted by molar-refractivity contribution is 8.14. The molecular formula is C9H11ClN2S2. The minimum Gasteiger partial charge on any atom is -0.365 e. The lowest BCUT2D eigenvalue weighted by molar-refractivity contribution is 0.884. The van der Waals surface area contributed by atoms with Crippen LogP contribution in [0.4, 0.5) is 0 Å². The van der Waals surface area contributed by atoms with Gasteiger partial charge in [0.1, 0.15) is 0 Å². The van der Waals surface area contributed by atoms with Gasteiger partial charge >= 0.3 is 0 Å². The second kappa shape index (κ2) is 5.05. The summed E-state index contributed by atoms with van der Waals surface area (Å²) in [5.74, 6) is 1.12. The van der Waals surface area contributed by atoms with E-state index in [-0.39, 0.29) is 0 Å². The molecule has 5 heteroatoms. The lowest BCUT2D eigenvalue weighted by Gasteiger charge is -2.02. The maximum atomic E-state index is 5.84. The van der Waals surface area contributed by atoms with E-state index in [0.717, 1.165) is 34.8 Å². The first-order valence-corrected chi connectivity index (χ1v) is 6.68. The van der Waals surface area contributed by atoms with Crippen LogP contribution in [-0.4, -0.2) is 24.0 Å². The highest BCUT2D eigenvalue weighted by atomic mass is 35.5. The lowest BCUT2D eigenvalue weighted by atomic mass is 10.3. The number of nitrogens with zero attached hydrogens (tertiary/aromatic N) is 1. The number of hydrogen-bond acceptors (Lipinski definition) is 4. The van der Waals surface area contributed by atoms with Crippen molar-refractivity contribution in [1.29, 1.82) is 0 Å². The zero-order valence-corrected chi connectivity index (χ0v) is 10.0. The minimum atomic E-state index is 0.868. The molecule has 14 heavy (non-hydrogen) atoms. The van der Waals surface area contributed by atoms with Crippen LogP contribution in [0.1, 0.15) is 4.88 Å². The fraction of sp³-hybridized carbons (Fsp3) is 0.444. The van der Waals surface area contributed by atoms with E-state index in [9.17, 15) is 0 Å². The van der Waals surface area contributed by atoms with Gasteiger partial charge in [-0.05, 0) is 18.6 Å². The molecule has 1 aromatic heterocycles. The Balaban J connectivity index is 1.72. The molecule has 2 heterocycles. The van der Waals surface area contributed by atoms with Crippen molar-refractivity contribution in [3.63, 3.8) is 0 Å². The molecular weight excluding hydrogens is 236 g/mol. The Morgan fingerprint density at radius 3 is 3.07 bits per heavy atom. The standard InChI is InChI=1S/C9H11ClN2S2/c10-8-2-1-7(14-8)3-4-11-9-12-5-6-13-9/h1-2H,3-6H2,(H,11,12). The van der Waals surface area contributed by atoms with E-state index in [1.165, 1.54) is 4.88 Å². The van der Waals surface area contributed by atoms with Crippen LogP contribution in [-0.2, 0) is 6.42 Å². The molecule has 0 bridgehead atoms. The number of nitrogens with one attached hydrogen (secondary N) is 1. The number of thiophene rings is 1. The summed E-state index contributed by atoms with van der Waals surface area (Å²) in [5.41, 5.74) is 0. The van der Waals surface area contributed by atoms with Crippen LogP contribution in [0.5, 0.6) is 0 Å². The SMILES string of the molecule is Clc1ccc(CCNC2=NCCS2)s1. The second-order valence-corrected chi connectivity index (χ2v) is 5.80. The van der Waals surface area contributed by atoms with Crippen LogP contribution in [0.25, 0.3) is 0 Å². The smallest absolute Gasteiger partial charge is 0.156 e. The van der Waals surface area contributed by atoms with E-state index < -0.39 is 0 Å². The van der Waals surface area contributed by atoms with Crippen molar-refractivity contribution in [1.82, 2.24) is 5.32 Å². The Labute approximate surface area is 96.8 Å². The van der Waals surface area contributed by atoms with Crippen LogP contribution >= 0.6 is 34.7 Å². The molecule has 0 saturated carbocycles. The van der Waals surface area contributed by atoms with Gasteiger partial charge in [0.05, 0.1) is 10.9 Å². The molecule has 0 aliphatic carbocycles. The van der Waals surface area contributed by atoms with Gasteiger partial charge in [-0.1, -0.05) is 23.4 Å². The summed E-state index contributed by atoms with van der Waals surface area (Å²) in [6, 6.07) is 4.03. The van der Waals surface area contributed by atoms with E-state index in [0.29, 0.717) is 0 Å². The third kappa shape index (κ3) is 2.90. The van der Waals surface area contributed by atoms with Crippen LogP contribution in [0.2, 0.25) is 4.34 Å². The van der Waals surface area contributed by atoms with Crippen molar-refractivity contribution in [2.24, 2.45) is 4.99 Å². The molecule has 1 N–H and O–H groups in total. The van der Waals surface area contributed by atoms with Gasteiger partial charge in [0.25, 0.3) is 0 Å². The first-order valence-electron chi connectivity index (χ1n) is 4.50. The van der Waals surface area contributed by atoms with E-state index in [1.54, 1.807) is 23.1 Å². The second-order valence-electron chi connectivity index (χ2n) is 2.92. The third-order valence-corrected chi connectivity index (χ3v) is 4.09. The summed E-state index contributed by atoms with van der Waals surface area (Å²) in [7, 11) is 0. The van der Waals surface area contributed by atoms with Crippen LogP contribution in [0.15, 0.2) is 17.1 Å². The molecule has 1 aliphatic heterocycles. The van der Waals surface area contributed by atoms with E-state index >= 15 is 0 Å². The first kappa shape index (κ1) is 10.3. The normalized spacial score (nSPS) is 15.6. The molecule has 0 fully saturated rings. The summed E-state index contributed by atoms with van der Waals surface area (Å²) in [5, 5.41) is 4.41. The molecule has 2 nitrogen and oxygen atoms in total. The molecule has 0 spiro atoms. The average Bonchev–Trinajstić information content (AvgIpc) is 2.77. The number of aliphatic imine (C=N–C) groups is 1. The first-order chi connectivity index (χ1) is 6.84. The summed E-state index contributed by atoms with van der Waals surface area (Å²) in [6.07, 6.45) is 1.02. The molecule has 1 aliphatic rings. The maximum absolute atomic E-state index is 5.84. The summed E-state index contributed by atoms with van der Waals surface area (Å²) in [6.45, 7) is 1.90. The molecule has 0 aromatic carbocycles. The molecule has 1 aromatic rings. The topological polar surface area (TPSA) is 24.4 Å². The zero-order valence-electron chi connectivity index (χ0n) is 7.62. The molecule has 0 amide bonds. The average molecular weight is 247 g/mol. The Bertz CT molecular complexity index is 335. The van der Waals surface area contributed by atoms with Crippen molar-refractivity contribution in [3.05, 3.63) is 21.3 Å². The summed E-state index contributed by atoms with van der Waals surface area (Å²) in [4.78, 5) is 5.64. The number of rotatable bonds is 3. The van der Waals surface area contributed by atoms with Gasteiger partial charge in [0.2, 0.25) is 0 Å². The van der Waals surface area contributed by atoms with E-state index in [4.69, 9.17) is 11.6 Å². The van der Waals surface area contributed by atoms with Crippen molar-refractivity contribution in [2.75, 3.05) is 18.8 Å². The number of halogens is 1. The summed E-state index contributed by atoms with van der Waals surface area (Å²) < 4.78 is 0.868. The predicted molar refractivity (Wildman–Crippen MR) is 65.8 cm³/mol. The van der Waals surface area contributed by atoms with E-state index in [1.807, 2.05) is 6.07 Å². The van der Waals surface area contributed by atoms with Crippen molar-refractivity contribution in [2.45, 2.75) is 6.42 Å². The number of thioether (sulfide) groups is 1. The molecule has 0 atom stereocenters. The highest BCUT2D eigenvalue weighted by Crippen LogP contribution is 2.21. The molecule has 2 rings (SSSR count). The van der Waals surface area contributed by atoms with Crippen molar-refractivity contribution < 1.29 is 0 Å². The minimum absolute atomic E-state index is 0.868. The maximum Gasteiger partial charge on any atom is 0.156 e. The third-order valence-electron chi connectivity index (χ3n) is 1.86. The Morgan fingerprint density at radius 2 is 2.43 bits per heavy atom. The van der Waals surface area contributed by atoms with Gasteiger partial charge in [-0.25, -0.2) is 0 Å². The van der Waals surface area contributed by atoms with Gasteiger partial charge in [-0.3, -0.25) is 4.99 Å². The largest absolute Gasteiger partial charge is 0.365 e. The van der Waals surface area contributed by atoms with Gasteiger partial charge in [-0.15, -0.1) is 11.3 Å². The van der Waals surface area contributed by atoms with E-state index in [2.05, 4.69) is 16.4 Å². The van der Waals surface area contributed by atoms with Crippen LogP contribution < -0.4 is 5.32 Å². The summed E-state index contributed by atoms with van der Waals surface area (Å²) >= 11 is 9.28. The molecule has 0 radical (unpaired) electrons. The number of amidine groups is 1. The van der Waals surface area contributed by atoms with Crippen LogP contribution in [0, 0.1) is 0 Å². The molecule has 0 saturated heterocycles. The van der Waals surface area contributed by atoms with Crippen molar-refractivity contribution >= 4 is 39.9 Å². The van der Waals surface area contributed by atoms with Crippen molar-refractivity contribution in [3.8, 4) is 0 Å². The quantitative estimate of drug-likeness (QED) is 0.887. The van der Waals surface area contributed by atoms with Crippen LogP contribution in [0.3, 0.4) is 0 Å². The van der Waals surface area contributed by atoms with Gasteiger partial charge in [0, 0.05) is 17.2 Å². The Hall–Kier alpha value is -0.190. The van der Waals surface area contributed by atoms with Gasteiger partial charge < -0.3 is 5.32 Å². The lowest BCUT2D eigenvalue weighted by Crippen LogP contribution is -2.21. The molecule has 0 unspecified atom stereocenters.